The van der Waals surface area contributed by atoms with Crippen molar-refractivity contribution in [2.45, 2.75) is 0 Å². The molecule has 11 nitrogen and oxygen atoms in total. The van der Waals surface area contributed by atoms with Gasteiger partial charge in [0.25, 0.3) is 0 Å². The van der Waals surface area contributed by atoms with Crippen LogP contribution in [0.5, 0.6) is 0 Å². The van der Waals surface area contributed by atoms with E-state index in [1.807, 2.05) is 0 Å². The molecule has 0 aliphatic carbocycles. The van der Waals surface area contributed by atoms with Crippen molar-refractivity contribution in [2.24, 2.45) is 7.05 Å². The number of hydrogen-bond acceptors (Lipinski definition) is 8. The van der Waals surface area contributed by atoms with Gasteiger partial charge in [-0.1, -0.05) is 0 Å². The Morgan fingerprint density at radius 2 is 1.91 bits per heavy atom. The predicted octanol–water partition coefficient (Wildman–Crippen LogP) is -1.25. The zero-order chi connectivity index (χ0) is 15.4. The highest BCUT2D eigenvalue weighted by atomic mass is 16.1. The first-order valence-corrected chi connectivity index (χ1v) is 6.21. The minimum atomic E-state index is -0.390. The maximum absolute atomic E-state index is 12.7. The third-order valence-corrected chi connectivity index (χ3v) is 3.31. The lowest BCUT2D eigenvalue weighted by Crippen LogP contribution is -2.30. The fourth-order valence-electron chi connectivity index (χ4n) is 2.30. The molecule has 0 radical (unpaired) electrons. The lowest BCUT2D eigenvalue weighted by Gasteiger charge is -2.09. The van der Waals surface area contributed by atoms with Crippen LogP contribution in [-0.4, -0.2) is 38.8 Å². The summed E-state index contributed by atoms with van der Waals surface area (Å²) in [5, 5.41) is 0. The third-order valence-electron chi connectivity index (χ3n) is 3.31. The van der Waals surface area contributed by atoms with E-state index in [1.165, 1.54) is 23.7 Å². The summed E-state index contributed by atoms with van der Waals surface area (Å²) in [6, 6.07) is 0. The van der Waals surface area contributed by atoms with Crippen molar-refractivity contribution in [3.8, 4) is 0 Å². The van der Waals surface area contributed by atoms with Crippen molar-refractivity contribution >= 4 is 34.1 Å². The standard InChI is InChI=1S/C11H10N10O/c1-19-3-17-8-6(19)10(22)21(11(13)18-8)20-4-16-5-7(12)14-2-15-9(5)20/h2-4H,1H3,(H2,13,18)(H2,12,14,15). The second-order valence-electron chi connectivity index (χ2n) is 4.63. The van der Waals surface area contributed by atoms with Crippen LogP contribution in [0.15, 0.2) is 23.8 Å². The molecule has 0 spiro atoms. The number of nitrogens with zero attached hydrogens (tertiary/aromatic N) is 8. The van der Waals surface area contributed by atoms with E-state index in [0.29, 0.717) is 16.7 Å². The van der Waals surface area contributed by atoms with Crippen molar-refractivity contribution in [1.82, 2.24) is 38.8 Å². The average molecular weight is 298 g/mol. The largest absolute Gasteiger partial charge is 0.382 e. The van der Waals surface area contributed by atoms with Gasteiger partial charge in [-0.05, 0) is 0 Å². The highest BCUT2D eigenvalue weighted by Crippen LogP contribution is 2.15. The number of aromatic nitrogens is 8. The minimum absolute atomic E-state index is 0.0346. The molecule has 4 heterocycles. The molecule has 0 aliphatic rings. The molecule has 4 aromatic heterocycles. The smallest absolute Gasteiger partial charge is 0.300 e. The predicted molar refractivity (Wildman–Crippen MR) is 77.7 cm³/mol. The van der Waals surface area contributed by atoms with Crippen LogP contribution in [0.2, 0.25) is 0 Å². The number of imidazole rings is 2. The Morgan fingerprint density at radius 3 is 2.73 bits per heavy atom. The Kier molecular flexibility index (Phi) is 2.23. The highest BCUT2D eigenvalue weighted by Gasteiger charge is 2.17. The monoisotopic (exact) mass is 298 g/mol. The molecule has 4 N–H and O–H groups in total. The maximum atomic E-state index is 12.7. The van der Waals surface area contributed by atoms with Crippen LogP contribution in [0, 0.1) is 0 Å². The van der Waals surface area contributed by atoms with Crippen molar-refractivity contribution in [3.63, 3.8) is 0 Å². The fraction of sp³-hybridized carbons (Fsp3) is 0.0909. The van der Waals surface area contributed by atoms with Crippen molar-refractivity contribution in [3.05, 3.63) is 29.3 Å². The Morgan fingerprint density at radius 1 is 1.09 bits per heavy atom. The molecule has 0 aromatic carbocycles. The van der Waals surface area contributed by atoms with Gasteiger partial charge in [0.1, 0.15) is 12.7 Å². The first-order chi connectivity index (χ1) is 10.6. The van der Waals surface area contributed by atoms with E-state index in [9.17, 15) is 4.79 Å². The molecule has 0 unspecified atom stereocenters. The summed E-state index contributed by atoms with van der Waals surface area (Å²) < 4.78 is 4.11. The Balaban J connectivity index is 2.15. The van der Waals surface area contributed by atoms with Gasteiger partial charge in [-0.3, -0.25) is 4.79 Å². The van der Waals surface area contributed by atoms with Crippen molar-refractivity contribution in [1.29, 1.82) is 0 Å². The Bertz CT molecular complexity index is 1090. The van der Waals surface area contributed by atoms with Crippen LogP contribution in [0.4, 0.5) is 11.8 Å². The quantitative estimate of drug-likeness (QED) is 0.442. The number of rotatable bonds is 1. The van der Waals surface area contributed by atoms with Crippen LogP contribution in [0.1, 0.15) is 0 Å². The van der Waals surface area contributed by atoms with Crippen LogP contribution < -0.4 is 17.0 Å². The third kappa shape index (κ3) is 1.44. The fourth-order valence-corrected chi connectivity index (χ4v) is 2.30. The number of nitrogens with two attached hydrogens (primary N) is 2. The van der Waals surface area contributed by atoms with Gasteiger partial charge >= 0.3 is 5.56 Å². The molecule has 0 saturated carbocycles. The van der Waals surface area contributed by atoms with E-state index < -0.39 is 0 Å². The van der Waals surface area contributed by atoms with Gasteiger partial charge in [0.15, 0.2) is 28.1 Å². The van der Waals surface area contributed by atoms with Crippen LogP contribution in [0.25, 0.3) is 22.3 Å². The van der Waals surface area contributed by atoms with Gasteiger partial charge < -0.3 is 16.0 Å². The summed E-state index contributed by atoms with van der Waals surface area (Å²) >= 11 is 0. The summed E-state index contributed by atoms with van der Waals surface area (Å²) in [4.78, 5) is 32.9. The molecule has 4 rings (SSSR count). The van der Waals surface area contributed by atoms with Crippen LogP contribution in [0.3, 0.4) is 0 Å². The molecule has 4 aromatic rings. The zero-order valence-corrected chi connectivity index (χ0v) is 11.4. The normalized spacial score (nSPS) is 11.5. The van der Waals surface area contributed by atoms with Crippen LogP contribution in [-0.2, 0) is 7.05 Å². The number of aryl methyl sites for hydroxylation is 1. The van der Waals surface area contributed by atoms with E-state index in [2.05, 4.69) is 24.9 Å². The Hall–Kier alpha value is -3.50. The average Bonchev–Trinajstić information content (AvgIpc) is 3.05. The molecule has 0 aliphatic heterocycles. The maximum Gasteiger partial charge on any atom is 0.300 e. The summed E-state index contributed by atoms with van der Waals surface area (Å²) in [5.74, 6) is 0.178. The summed E-state index contributed by atoms with van der Waals surface area (Å²) in [5.41, 5.74) is 12.6. The second kappa shape index (κ2) is 4.00. The molecule has 110 valence electrons. The molecular formula is C11H10N10O. The number of anilines is 2. The molecule has 11 heteroatoms. The molecule has 22 heavy (non-hydrogen) atoms. The lowest BCUT2D eigenvalue weighted by atomic mass is 10.5. The summed E-state index contributed by atoms with van der Waals surface area (Å²) in [6.07, 6.45) is 4.17. The van der Waals surface area contributed by atoms with E-state index in [0.717, 1.165) is 4.68 Å². The molecule has 0 bridgehead atoms. The van der Waals surface area contributed by atoms with Gasteiger partial charge in [-0.15, -0.1) is 0 Å². The molecule has 0 atom stereocenters. The lowest BCUT2D eigenvalue weighted by molar-refractivity contribution is 0.646. The first-order valence-electron chi connectivity index (χ1n) is 6.21. The highest BCUT2D eigenvalue weighted by molar-refractivity contribution is 5.81. The van der Waals surface area contributed by atoms with Gasteiger partial charge in [0, 0.05) is 7.05 Å². The van der Waals surface area contributed by atoms with E-state index in [-0.39, 0.29) is 23.0 Å². The topological polar surface area (TPSA) is 148 Å². The Labute approximate surface area is 121 Å². The van der Waals surface area contributed by atoms with E-state index in [4.69, 9.17) is 11.5 Å². The van der Waals surface area contributed by atoms with Crippen molar-refractivity contribution < 1.29 is 0 Å². The zero-order valence-electron chi connectivity index (χ0n) is 11.4. The SMILES string of the molecule is Cn1cnc2nc(N)n(-n3cnc4c(N)ncnc43)c(=O)c21. The molecule has 0 fully saturated rings. The molecule has 0 amide bonds. The van der Waals surface area contributed by atoms with Gasteiger partial charge in [0.05, 0.1) is 6.33 Å². The minimum Gasteiger partial charge on any atom is -0.382 e. The second-order valence-corrected chi connectivity index (χ2v) is 4.63. The van der Waals surface area contributed by atoms with Crippen molar-refractivity contribution in [2.75, 3.05) is 11.5 Å². The van der Waals surface area contributed by atoms with Gasteiger partial charge in [-0.25, -0.2) is 24.6 Å². The van der Waals surface area contributed by atoms with E-state index >= 15 is 0 Å². The number of nitrogen functional groups attached to an aromatic ring is 2. The summed E-state index contributed by atoms with van der Waals surface area (Å²) in [7, 11) is 1.70. The van der Waals surface area contributed by atoms with E-state index in [1.54, 1.807) is 11.6 Å². The van der Waals surface area contributed by atoms with Gasteiger partial charge in [-0.2, -0.15) is 9.66 Å². The van der Waals surface area contributed by atoms with Gasteiger partial charge in [0.2, 0.25) is 5.95 Å². The van der Waals surface area contributed by atoms with Crippen LogP contribution >= 0.6 is 0 Å². The number of fused-ring (bicyclic) bond motifs is 2. The molecule has 0 saturated heterocycles. The number of hydrogen-bond donors (Lipinski definition) is 2. The molecular weight excluding hydrogens is 288 g/mol. The first kappa shape index (κ1) is 12.3. The summed E-state index contributed by atoms with van der Waals surface area (Å²) in [6.45, 7) is 0.